The van der Waals surface area contributed by atoms with Gasteiger partial charge in [0.25, 0.3) is 10.0 Å². The first-order valence-corrected chi connectivity index (χ1v) is 9.06. The Kier molecular flexibility index (Phi) is 4.83. The zero-order valence-corrected chi connectivity index (χ0v) is 15.2. The Morgan fingerprint density at radius 3 is 2.55 bits per heavy atom. The van der Waals surface area contributed by atoms with Crippen LogP contribution in [0, 0.1) is 3.57 Å². The van der Waals surface area contributed by atoms with Crippen molar-refractivity contribution in [2.24, 2.45) is 0 Å². The van der Waals surface area contributed by atoms with Crippen molar-refractivity contribution in [2.75, 3.05) is 10.5 Å². The molecule has 0 spiro atoms. The quantitative estimate of drug-likeness (QED) is 0.506. The van der Waals surface area contributed by atoms with Gasteiger partial charge in [0.15, 0.2) is 0 Å². The number of halogens is 3. The lowest BCUT2D eigenvalue weighted by molar-refractivity contribution is 0.601. The molecule has 0 aliphatic heterocycles. The maximum absolute atomic E-state index is 12.3. The maximum atomic E-state index is 12.3. The number of hydrogen-bond acceptors (Lipinski definition) is 3. The highest BCUT2D eigenvalue weighted by molar-refractivity contribution is 14.1. The Bertz CT molecular complexity index is 768. The average Bonchev–Trinajstić information content (AvgIpc) is 2.35. The summed E-state index contributed by atoms with van der Waals surface area (Å²) in [5.41, 5.74) is 6.20. The van der Waals surface area contributed by atoms with Gasteiger partial charge in [-0.05, 0) is 59.0 Å². The number of rotatable bonds is 3. The summed E-state index contributed by atoms with van der Waals surface area (Å²) in [6, 6.07) is 9.67. The van der Waals surface area contributed by atoms with E-state index in [-0.39, 0.29) is 10.6 Å². The van der Waals surface area contributed by atoms with Gasteiger partial charge < -0.3 is 5.73 Å². The first kappa shape index (κ1) is 15.9. The van der Waals surface area contributed by atoms with E-state index in [1.807, 2.05) is 0 Å². The normalized spacial score (nSPS) is 11.3. The van der Waals surface area contributed by atoms with Gasteiger partial charge in [-0.15, -0.1) is 0 Å². The van der Waals surface area contributed by atoms with E-state index in [9.17, 15) is 8.42 Å². The van der Waals surface area contributed by atoms with Gasteiger partial charge in [0.2, 0.25) is 0 Å². The molecule has 0 saturated heterocycles. The molecule has 0 radical (unpaired) electrons. The molecule has 0 amide bonds. The first-order valence-electron chi connectivity index (χ1n) is 5.32. The van der Waals surface area contributed by atoms with E-state index in [4.69, 9.17) is 17.3 Å². The molecule has 0 aliphatic rings. The minimum atomic E-state index is -3.79. The van der Waals surface area contributed by atoms with Gasteiger partial charge in [-0.25, -0.2) is 8.42 Å². The minimum Gasteiger partial charge on any atom is -0.398 e. The van der Waals surface area contributed by atoms with Crippen LogP contribution in [0.2, 0.25) is 5.02 Å². The van der Waals surface area contributed by atoms with Crippen molar-refractivity contribution in [3.05, 3.63) is 49.5 Å². The van der Waals surface area contributed by atoms with Gasteiger partial charge in [-0.2, -0.15) is 0 Å². The van der Waals surface area contributed by atoms with Crippen molar-refractivity contribution in [1.29, 1.82) is 0 Å². The minimum absolute atomic E-state index is 0.00138. The predicted octanol–water partition coefficient (Wildman–Crippen LogP) is 4.09. The van der Waals surface area contributed by atoms with E-state index >= 15 is 0 Å². The predicted molar refractivity (Wildman–Crippen MR) is 93.5 cm³/mol. The standard InChI is InChI=1S/C12H9BrClIN2O2S/c13-7-1-3-10(16)12(5-7)20(18,19)17-11-4-2-8(15)6-9(11)14/h1-6,17H,16H2. The molecule has 0 heterocycles. The Hall–Kier alpha value is -0.510. The van der Waals surface area contributed by atoms with Crippen molar-refractivity contribution >= 4 is 71.5 Å². The van der Waals surface area contributed by atoms with Crippen molar-refractivity contribution in [3.63, 3.8) is 0 Å². The van der Waals surface area contributed by atoms with Gasteiger partial charge >= 0.3 is 0 Å². The van der Waals surface area contributed by atoms with Crippen LogP contribution in [-0.4, -0.2) is 8.42 Å². The van der Waals surface area contributed by atoms with Crippen molar-refractivity contribution in [1.82, 2.24) is 0 Å². The molecule has 0 atom stereocenters. The highest BCUT2D eigenvalue weighted by atomic mass is 127. The number of anilines is 2. The van der Waals surface area contributed by atoms with Crippen LogP contribution >= 0.6 is 50.1 Å². The molecule has 2 rings (SSSR count). The lowest BCUT2D eigenvalue weighted by Gasteiger charge is -2.12. The molecule has 8 heteroatoms. The summed E-state index contributed by atoms with van der Waals surface area (Å²) >= 11 is 11.3. The lowest BCUT2D eigenvalue weighted by atomic mass is 10.3. The maximum Gasteiger partial charge on any atom is 0.264 e. The monoisotopic (exact) mass is 486 g/mol. The molecule has 106 valence electrons. The number of benzene rings is 2. The fourth-order valence-corrected chi connectivity index (χ4v) is 4.22. The fourth-order valence-electron chi connectivity index (χ4n) is 1.51. The molecule has 0 unspecified atom stereocenters. The second-order valence-corrected chi connectivity index (χ2v) is 8.13. The van der Waals surface area contributed by atoms with Gasteiger partial charge in [0.1, 0.15) is 4.90 Å². The fraction of sp³-hybridized carbons (Fsp3) is 0. The Morgan fingerprint density at radius 1 is 1.20 bits per heavy atom. The van der Waals surface area contributed by atoms with Crippen LogP contribution in [0.3, 0.4) is 0 Å². The van der Waals surface area contributed by atoms with Gasteiger partial charge in [0, 0.05) is 8.04 Å². The van der Waals surface area contributed by atoms with Crippen molar-refractivity contribution in [2.45, 2.75) is 4.90 Å². The van der Waals surface area contributed by atoms with E-state index in [1.165, 1.54) is 12.1 Å². The molecular formula is C12H9BrClIN2O2S. The second kappa shape index (κ2) is 6.08. The molecule has 0 bridgehead atoms. The molecule has 0 aromatic heterocycles. The zero-order valence-electron chi connectivity index (χ0n) is 9.90. The number of hydrogen-bond donors (Lipinski definition) is 2. The van der Waals surface area contributed by atoms with Crippen LogP contribution in [0.4, 0.5) is 11.4 Å². The number of nitrogens with two attached hydrogens (primary N) is 1. The first-order chi connectivity index (χ1) is 9.29. The third-order valence-corrected chi connectivity index (χ3v) is 5.34. The Morgan fingerprint density at radius 2 is 1.90 bits per heavy atom. The second-order valence-electron chi connectivity index (χ2n) is 3.91. The third-order valence-electron chi connectivity index (χ3n) is 2.44. The van der Waals surface area contributed by atoms with Crippen LogP contribution in [0.25, 0.3) is 0 Å². The molecule has 3 N–H and O–H groups in total. The Labute approximate surface area is 144 Å². The van der Waals surface area contributed by atoms with E-state index in [0.29, 0.717) is 15.2 Å². The van der Waals surface area contributed by atoms with Gasteiger partial charge in [0.05, 0.1) is 16.4 Å². The molecule has 4 nitrogen and oxygen atoms in total. The summed E-state index contributed by atoms with van der Waals surface area (Å²) in [5.74, 6) is 0. The topological polar surface area (TPSA) is 72.2 Å². The SMILES string of the molecule is Nc1ccc(Br)cc1S(=O)(=O)Nc1ccc(I)cc1Cl. The van der Waals surface area contributed by atoms with E-state index in [1.54, 1.807) is 24.3 Å². The summed E-state index contributed by atoms with van der Waals surface area (Å²) < 4.78 is 28.7. The number of nitrogen functional groups attached to an aromatic ring is 1. The largest absolute Gasteiger partial charge is 0.398 e. The van der Waals surface area contributed by atoms with Crippen LogP contribution in [0.5, 0.6) is 0 Å². The van der Waals surface area contributed by atoms with Crippen molar-refractivity contribution < 1.29 is 8.42 Å². The number of sulfonamides is 1. The summed E-state index contributed by atoms with van der Waals surface area (Å²) in [7, 11) is -3.79. The number of nitrogens with one attached hydrogen (secondary N) is 1. The van der Waals surface area contributed by atoms with E-state index in [2.05, 4.69) is 43.2 Å². The van der Waals surface area contributed by atoms with Crippen LogP contribution < -0.4 is 10.5 Å². The summed E-state index contributed by atoms with van der Waals surface area (Å²) in [4.78, 5) is 0.00138. The molecule has 0 saturated carbocycles. The third kappa shape index (κ3) is 3.57. The van der Waals surface area contributed by atoms with E-state index < -0.39 is 10.0 Å². The van der Waals surface area contributed by atoms with Crippen LogP contribution in [0.1, 0.15) is 0 Å². The van der Waals surface area contributed by atoms with Crippen molar-refractivity contribution in [3.8, 4) is 0 Å². The van der Waals surface area contributed by atoms with E-state index in [0.717, 1.165) is 3.57 Å². The highest BCUT2D eigenvalue weighted by Crippen LogP contribution is 2.29. The summed E-state index contributed by atoms with van der Waals surface area (Å²) in [6.07, 6.45) is 0. The average molecular weight is 488 g/mol. The lowest BCUT2D eigenvalue weighted by Crippen LogP contribution is -2.15. The molecule has 20 heavy (non-hydrogen) atoms. The molecule has 2 aromatic rings. The molecule has 2 aromatic carbocycles. The summed E-state index contributed by atoms with van der Waals surface area (Å²) in [5, 5.41) is 0.328. The zero-order chi connectivity index (χ0) is 14.9. The smallest absolute Gasteiger partial charge is 0.264 e. The van der Waals surface area contributed by atoms with Gasteiger partial charge in [-0.3, -0.25) is 4.72 Å². The molecule has 0 aliphatic carbocycles. The highest BCUT2D eigenvalue weighted by Gasteiger charge is 2.19. The van der Waals surface area contributed by atoms with Crippen LogP contribution in [0.15, 0.2) is 45.8 Å². The molecular weight excluding hydrogens is 478 g/mol. The molecule has 0 fully saturated rings. The summed E-state index contributed by atoms with van der Waals surface area (Å²) in [6.45, 7) is 0. The van der Waals surface area contributed by atoms with Gasteiger partial charge in [-0.1, -0.05) is 27.5 Å². The van der Waals surface area contributed by atoms with Crippen LogP contribution in [-0.2, 0) is 10.0 Å². The Balaban J connectivity index is 2.43.